The van der Waals surface area contributed by atoms with Crippen molar-refractivity contribution in [2.24, 2.45) is 0 Å². The molecule has 1 aromatic rings. The number of benzene rings is 1. The summed E-state index contributed by atoms with van der Waals surface area (Å²) in [6.07, 6.45) is 33.0. The van der Waals surface area contributed by atoms with Gasteiger partial charge in [-0.25, -0.2) is 0 Å². The predicted molar refractivity (Wildman–Crippen MR) is 95.7 cm³/mol. The molecule has 1 aromatic carbocycles. The van der Waals surface area contributed by atoms with Crippen LogP contribution in [0.15, 0.2) is 115 Å². The molecule has 0 heterocycles. The predicted octanol–water partition coefficient (Wildman–Crippen LogP) is 5.54. The van der Waals surface area contributed by atoms with E-state index < -0.39 is 0 Å². The Morgan fingerprint density at radius 2 is 0.870 bits per heavy atom. The Kier molecular flexibility index (Phi) is 16.3. The average Bonchev–Trinajstić information content (AvgIpc) is 2.49. The summed E-state index contributed by atoms with van der Waals surface area (Å²) in [7, 11) is 0. The second-order valence-corrected chi connectivity index (χ2v) is 4.00. The Balaban J connectivity index is 0.000000312. The van der Waals surface area contributed by atoms with Gasteiger partial charge in [-0.3, -0.25) is 0 Å². The minimum Gasteiger partial charge on any atom is -0.184 e. The van der Waals surface area contributed by atoms with Crippen molar-refractivity contribution in [2.75, 3.05) is 0 Å². The Morgan fingerprint density at radius 3 is 1.26 bits per heavy atom. The molecule has 0 atom stereocenters. The van der Waals surface area contributed by atoms with Crippen molar-refractivity contribution >= 4 is 0 Å². The molecule has 0 saturated heterocycles. The van der Waals surface area contributed by atoms with E-state index in [1.807, 2.05) is 115 Å². The molecule has 0 aromatic heterocycles. The van der Waals surface area contributed by atoms with E-state index in [1.54, 1.807) is 0 Å². The van der Waals surface area contributed by atoms with Crippen LogP contribution in [0.3, 0.4) is 0 Å². The van der Waals surface area contributed by atoms with Crippen LogP contribution in [0.4, 0.5) is 0 Å². The fraction of sp³-hybridized carbons (Fsp3) is 0. The summed E-state index contributed by atoms with van der Waals surface area (Å²) in [6.45, 7) is 0. The quantitative estimate of drug-likeness (QED) is 0.412. The third kappa shape index (κ3) is 16.1. The van der Waals surface area contributed by atoms with Crippen LogP contribution in [0.25, 0.3) is 0 Å². The molecule has 0 unspecified atom stereocenters. The molecule has 2 aliphatic carbocycles. The van der Waals surface area contributed by atoms with Crippen LogP contribution < -0.4 is 0 Å². The normalized spacial score (nSPS) is 13.2. The van der Waals surface area contributed by atoms with Crippen molar-refractivity contribution in [2.45, 2.75) is 0 Å². The molecule has 0 spiro atoms. The van der Waals surface area contributed by atoms with E-state index in [-0.39, 0.29) is 22.4 Å². The van der Waals surface area contributed by atoms with Crippen LogP contribution in [0.5, 0.6) is 0 Å². The third-order valence-corrected chi connectivity index (χ3v) is 2.27. The van der Waals surface area contributed by atoms with Gasteiger partial charge in [0, 0.05) is 0 Å². The van der Waals surface area contributed by atoms with Crippen LogP contribution in [0.1, 0.15) is 0 Å². The molecule has 0 N–H and O–H groups in total. The summed E-state index contributed by atoms with van der Waals surface area (Å²) < 4.78 is 0. The van der Waals surface area contributed by atoms with Crippen molar-refractivity contribution < 1.29 is 22.4 Å². The minimum atomic E-state index is 0. The summed E-state index contributed by atoms with van der Waals surface area (Å²) >= 11 is 0. The number of allylic oxidation sites excluding steroid dienone is 16. The van der Waals surface area contributed by atoms with Crippen molar-refractivity contribution in [3.63, 3.8) is 0 Å². The van der Waals surface area contributed by atoms with E-state index in [1.165, 1.54) is 0 Å². The smallest absolute Gasteiger partial charge is 0.184 e. The number of hydrogen-bond acceptors (Lipinski definition) is 0. The van der Waals surface area contributed by atoms with E-state index in [0.717, 1.165) is 0 Å². The Hall–Kier alpha value is -2.12. The van der Waals surface area contributed by atoms with Crippen LogP contribution in [0, 0.1) is 18.2 Å². The third-order valence-electron chi connectivity index (χ3n) is 2.27. The maximum atomic E-state index is 2.94. The number of rotatable bonds is 0. The SMILES string of the molecule is [C-]1=CC=CC=CC=C1.[C-]1=CC=CC=CC=C1.[Nb+3].[c-]1ccccc1. The first kappa shape index (κ1) is 20.9. The fourth-order valence-electron chi connectivity index (χ4n) is 1.28. The van der Waals surface area contributed by atoms with Gasteiger partial charge in [-0.2, -0.15) is 97.2 Å². The summed E-state index contributed by atoms with van der Waals surface area (Å²) in [5, 5.41) is 0. The Bertz CT molecular complexity index is 415. The second kappa shape index (κ2) is 17.9. The molecular formula is C22H19Nb. The standard InChI is InChI=1S/2C8H7.C6H5.Nb/c2*1-2-4-6-8-7-5-3-1;1-2-4-6-5-3-1;/h2*1-7H;1-5H;/q3*-1;+3. The molecule has 3 rings (SSSR count). The average molecular weight is 376 g/mol. The second-order valence-electron chi connectivity index (χ2n) is 4.00. The first-order valence-corrected chi connectivity index (χ1v) is 7.07. The van der Waals surface area contributed by atoms with Gasteiger partial charge in [-0.1, -0.05) is 12.2 Å². The first-order valence-electron chi connectivity index (χ1n) is 7.07. The Labute approximate surface area is 155 Å². The van der Waals surface area contributed by atoms with Gasteiger partial charge in [0.1, 0.15) is 0 Å². The van der Waals surface area contributed by atoms with Gasteiger partial charge in [-0.05, 0) is 0 Å². The zero-order valence-corrected chi connectivity index (χ0v) is 15.1. The van der Waals surface area contributed by atoms with Gasteiger partial charge in [0.15, 0.2) is 0 Å². The zero-order chi connectivity index (χ0) is 15.6. The van der Waals surface area contributed by atoms with Crippen LogP contribution >= 0.6 is 0 Å². The summed E-state index contributed by atoms with van der Waals surface area (Å²) in [5.74, 6) is 0. The molecule has 2 aliphatic rings. The molecule has 0 radical (unpaired) electrons. The molecule has 0 nitrogen and oxygen atoms in total. The first-order chi connectivity index (χ1) is 11.0. The Morgan fingerprint density at radius 1 is 0.435 bits per heavy atom. The molecule has 0 saturated carbocycles. The maximum Gasteiger partial charge on any atom is 3.00 e. The van der Waals surface area contributed by atoms with Crippen molar-refractivity contribution in [1.82, 2.24) is 0 Å². The largest absolute Gasteiger partial charge is 3.00 e. The van der Waals surface area contributed by atoms with Gasteiger partial charge in [0.2, 0.25) is 0 Å². The van der Waals surface area contributed by atoms with Crippen molar-refractivity contribution in [3.05, 3.63) is 134 Å². The topological polar surface area (TPSA) is 0 Å². The minimum absolute atomic E-state index is 0. The summed E-state index contributed by atoms with van der Waals surface area (Å²) in [6, 6.07) is 12.5. The maximum absolute atomic E-state index is 2.94. The van der Waals surface area contributed by atoms with Crippen LogP contribution in [-0.4, -0.2) is 0 Å². The van der Waals surface area contributed by atoms with Crippen LogP contribution in [0.2, 0.25) is 0 Å². The van der Waals surface area contributed by atoms with Crippen LogP contribution in [-0.2, 0) is 22.4 Å². The molecule has 23 heavy (non-hydrogen) atoms. The monoisotopic (exact) mass is 376 g/mol. The fourth-order valence-corrected chi connectivity index (χ4v) is 1.28. The van der Waals surface area contributed by atoms with E-state index in [9.17, 15) is 0 Å². The van der Waals surface area contributed by atoms with Gasteiger partial charge < -0.3 is 0 Å². The van der Waals surface area contributed by atoms with Gasteiger partial charge in [0.05, 0.1) is 0 Å². The van der Waals surface area contributed by atoms with Crippen molar-refractivity contribution in [1.29, 1.82) is 0 Å². The number of hydrogen-bond donors (Lipinski definition) is 0. The van der Waals surface area contributed by atoms with E-state index in [0.29, 0.717) is 0 Å². The summed E-state index contributed by atoms with van der Waals surface area (Å²) in [4.78, 5) is 0. The molecule has 0 fully saturated rings. The van der Waals surface area contributed by atoms with E-state index in [2.05, 4.69) is 18.2 Å². The molecule has 0 bridgehead atoms. The molecule has 1 heteroatoms. The summed E-state index contributed by atoms with van der Waals surface area (Å²) in [5.41, 5.74) is 0. The van der Waals surface area contributed by atoms with Gasteiger partial charge >= 0.3 is 22.4 Å². The molecule has 112 valence electrons. The molecule has 0 amide bonds. The molecular weight excluding hydrogens is 357 g/mol. The molecule has 0 aliphatic heterocycles. The van der Waals surface area contributed by atoms with E-state index in [4.69, 9.17) is 0 Å². The van der Waals surface area contributed by atoms with E-state index >= 15 is 0 Å². The van der Waals surface area contributed by atoms with Gasteiger partial charge in [-0.15, -0.1) is 24.3 Å². The van der Waals surface area contributed by atoms with Gasteiger partial charge in [0.25, 0.3) is 0 Å². The zero-order valence-electron chi connectivity index (χ0n) is 12.9. The van der Waals surface area contributed by atoms with Crippen molar-refractivity contribution in [3.8, 4) is 0 Å².